The number of thiophene rings is 4. The summed E-state index contributed by atoms with van der Waals surface area (Å²) in [6.45, 7) is 0. The smallest absolute Gasteiger partial charge is 0.336 e. The van der Waals surface area contributed by atoms with Crippen LogP contribution in [0.1, 0.15) is 50.0 Å². The van der Waals surface area contributed by atoms with E-state index in [-0.39, 0.29) is 0 Å². The lowest BCUT2D eigenvalue weighted by atomic mass is 10.3. The average molecular weight is 497 g/mol. The molecule has 0 saturated carbocycles. The summed E-state index contributed by atoms with van der Waals surface area (Å²) >= 11 is 6.15. The Balaban J connectivity index is 1.36. The molecular weight excluding hydrogens is 481 g/mol. The first-order valence-electron chi connectivity index (χ1n) is 9.34. The van der Waals surface area contributed by atoms with Gasteiger partial charge in [0.25, 0.3) is 0 Å². The summed E-state index contributed by atoms with van der Waals surface area (Å²) in [6.07, 6.45) is 12.0. The molecule has 0 aliphatic carbocycles. The van der Waals surface area contributed by atoms with Gasteiger partial charge in [-0.05, 0) is 72.9 Å². The maximum absolute atomic E-state index is 11.0. The van der Waals surface area contributed by atoms with Gasteiger partial charge < -0.3 is 10.2 Å². The lowest BCUT2D eigenvalue weighted by Gasteiger charge is -1.87. The van der Waals surface area contributed by atoms with E-state index >= 15 is 0 Å². The van der Waals surface area contributed by atoms with Gasteiger partial charge in [-0.3, -0.25) is 0 Å². The van der Waals surface area contributed by atoms with E-state index in [2.05, 4.69) is 24.3 Å². The topological polar surface area (TPSA) is 74.6 Å². The van der Waals surface area contributed by atoms with Crippen molar-refractivity contribution >= 4 is 93.7 Å². The average Bonchev–Trinajstić information content (AvgIpc) is 3.56. The molecule has 0 radical (unpaired) electrons. The third kappa shape index (κ3) is 5.80. The van der Waals surface area contributed by atoms with Crippen LogP contribution in [0.25, 0.3) is 36.5 Å². The van der Waals surface area contributed by atoms with Crippen LogP contribution in [0, 0.1) is 0 Å². The molecule has 160 valence electrons. The standard InChI is InChI=1S/C24H16O4S4/c25-23(26)15-11-21(29-13-15)9-7-19-5-3-17(31-19)1-2-18-4-6-20(32-18)8-10-22-12-16(14-30-22)24(27)28/h1-14H,(H,25,26)(H,27,28)/b2-1+,9-7+,10-8+. The molecule has 4 nitrogen and oxygen atoms in total. The predicted octanol–water partition coefficient (Wildman–Crippen LogP) is 7.84. The number of aromatic carboxylic acids is 2. The van der Waals surface area contributed by atoms with E-state index in [9.17, 15) is 9.59 Å². The summed E-state index contributed by atoms with van der Waals surface area (Å²) in [5.74, 6) is -1.81. The highest BCUT2D eigenvalue weighted by Crippen LogP contribution is 2.26. The molecule has 4 aromatic rings. The molecule has 2 N–H and O–H groups in total. The number of hydrogen-bond acceptors (Lipinski definition) is 6. The Labute approximate surface area is 200 Å². The summed E-state index contributed by atoms with van der Waals surface area (Å²) in [4.78, 5) is 28.2. The van der Waals surface area contributed by atoms with Crippen LogP contribution in [0.4, 0.5) is 0 Å². The Kier molecular flexibility index (Phi) is 6.96. The van der Waals surface area contributed by atoms with Gasteiger partial charge in [-0.1, -0.05) is 0 Å². The molecule has 0 atom stereocenters. The minimum absolute atomic E-state index is 0.315. The van der Waals surface area contributed by atoms with Crippen LogP contribution >= 0.6 is 45.3 Å². The lowest BCUT2D eigenvalue weighted by molar-refractivity contribution is 0.0686. The van der Waals surface area contributed by atoms with Crippen molar-refractivity contribution in [2.45, 2.75) is 0 Å². The summed E-state index contributed by atoms with van der Waals surface area (Å²) in [5, 5.41) is 21.3. The van der Waals surface area contributed by atoms with Crippen LogP contribution in [0.5, 0.6) is 0 Å². The Morgan fingerprint density at radius 2 is 0.875 bits per heavy atom. The van der Waals surface area contributed by atoms with E-state index in [0.29, 0.717) is 11.1 Å². The summed E-state index contributed by atoms with van der Waals surface area (Å²) in [6, 6.07) is 11.5. The van der Waals surface area contributed by atoms with Crippen molar-refractivity contribution in [3.63, 3.8) is 0 Å². The van der Waals surface area contributed by atoms with Gasteiger partial charge >= 0.3 is 11.9 Å². The summed E-state index contributed by atoms with van der Waals surface area (Å²) in [7, 11) is 0. The molecule has 0 aliphatic rings. The molecular formula is C24H16O4S4. The van der Waals surface area contributed by atoms with Gasteiger partial charge in [-0.2, -0.15) is 0 Å². The number of carbonyl (C=O) groups is 2. The molecule has 0 fully saturated rings. The number of hydrogen-bond donors (Lipinski definition) is 2. The minimum atomic E-state index is -0.907. The normalized spacial score (nSPS) is 11.9. The molecule has 32 heavy (non-hydrogen) atoms. The summed E-state index contributed by atoms with van der Waals surface area (Å²) < 4.78 is 0. The SMILES string of the molecule is O=C(O)c1csc(/C=C/c2ccc(/C=C/c3ccc(/C=C/c4cc(C(=O)O)cs4)s3)s2)c1. The Hall–Kier alpha value is -3.04. The largest absolute Gasteiger partial charge is 0.478 e. The zero-order valence-electron chi connectivity index (χ0n) is 16.4. The van der Waals surface area contributed by atoms with E-state index in [4.69, 9.17) is 10.2 Å². The van der Waals surface area contributed by atoms with Crippen molar-refractivity contribution in [3.05, 3.63) is 87.5 Å². The molecule has 0 aromatic carbocycles. The van der Waals surface area contributed by atoms with Crippen LogP contribution in [-0.2, 0) is 0 Å². The number of rotatable bonds is 8. The van der Waals surface area contributed by atoms with Gasteiger partial charge in [0.05, 0.1) is 11.1 Å². The second kappa shape index (κ2) is 10.1. The Bertz CT molecular complexity index is 1240. The molecule has 4 rings (SSSR count). The highest BCUT2D eigenvalue weighted by molar-refractivity contribution is 7.15. The van der Waals surface area contributed by atoms with Gasteiger partial charge in [-0.15, -0.1) is 45.3 Å². The fourth-order valence-corrected chi connectivity index (χ4v) is 5.87. The van der Waals surface area contributed by atoms with Crippen LogP contribution in [0.15, 0.2) is 47.2 Å². The van der Waals surface area contributed by atoms with Crippen LogP contribution in [0.3, 0.4) is 0 Å². The lowest BCUT2D eigenvalue weighted by Crippen LogP contribution is -1.91. The van der Waals surface area contributed by atoms with Crippen LogP contribution in [0.2, 0.25) is 0 Å². The molecule has 0 bridgehead atoms. The van der Waals surface area contributed by atoms with Gasteiger partial charge in [-0.25, -0.2) is 9.59 Å². The van der Waals surface area contributed by atoms with E-state index in [0.717, 1.165) is 29.3 Å². The predicted molar refractivity (Wildman–Crippen MR) is 138 cm³/mol. The van der Waals surface area contributed by atoms with E-state index in [1.807, 2.05) is 36.4 Å². The quantitative estimate of drug-likeness (QED) is 0.261. The molecule has 4 aromatic heterocycles. The zero-order valence-corrected chi connectivity index (χ0v) is 19.7. The van der Waals surface area contributed by atoms with Crippen molar-refractivity contribution in [1.29, 1.82) is 0 Å². The maximum atomic E-state index is 11.0. The monoisotopic (exact) mass is 496 g/mol. The molecule has 0 saturated heterocycles. The zero-order chi connectivity index (χ0) is 22.5. The molecule has 0 spiro atoms. The molecule has 0 aliphatic heterocycles. The third-order valence-electron chi connectivity index (χ3n) is 4.26. The van der Waals surface area contributed by atoms with Crippen LogP contribution < -0.4 is 0 Å². The highest BCUT2D eigenvalue weighted by Gasteiger charge is 2.05. The van der Waals surface area contributed by atoms with Gasteiger partial charge in [0, 0.05) is 40.0 Å². The minimum Gasteiger partial charge on any atom is -0.478 e. The van der Waals surface area contributed by atoms with Crippen molar-refractivity contribution in [2.24, 2.45) is 0 Å². The van der Waals surface area contributed by atoms with Gasteiger partial charge in [0.2, 0.25) is 0 Å². The van der Waals surface area contributed by atoms with Crippen molar-refractivity contribution in [1.82, 2.24) is 0 Å². The van der Waals surface area contributed by atoms with Crippen LogP contribution in [-0.4, -0.2) is 22.2 Å². The van der Waals surface area contributed by atoms with E-state index in [1.165, 1.54) is 22.7 Å². The fraction of sp³-hybridized carbons (Fsp3) is 0. The molecule has 0 unspecified atom stereocenters. The Morgan fingerprint density at radius 1 is 0.562 bits per heavy atom. The number of carboxylic acids is 2. The molecule has 0 amide bonds. The van der Waals surface area contributed by atoms with Crippen molar-refractivity contribution in [3.8, 4) is 0 Å². The first-order valence-corrected chi connectivity index (χ1v) is 12.7. The second-order valence-electron chi connectivity index (χ2n) is 6.57. The second-order valence-corrected chi connectivity index (χ2v) is 10.7. The van der Waals surface area contributed by atoms with Gasteiger partial charge in [0.1, 0.15) is 0 Å². The first-order chi connectivity index (χ1) is 15.5. The summed E-state index contributed by atoms with van der Waals surface area (Å²) in [5.41, 5.74) is 0.630. The third-order valence-corrected chi connectivity index (χ3v) is 8.09. The van der Waals surface area contributed by atoms with Gasteiger partial charge in [0.15, 0.2) is 0 Å². The molecule has 8 heteroatoms. The van der Waals surface area contributed by atoms with Crippen molar-refractivity contribution in [2.75, 3.05) is 0 Å². The molecule has 4 heterocycles. The fourth-order valence-electron chi connectivity index (χ4n) is 2.69. The van der Waals surface area contributed by atoms with Crippen molar-refractivity contribution < 1.29 is 19.8 Å². The van der Waals surface area contributed by atoms with E-state index in [1.54, 1.807) is 45.6 Å². The van der Waals surface area contributed by atoms with E-state index < -0.39 is 11.9 Å². The highest BCUT2D eigenvalue weighted by atomic mass is 32.1. The number of carboxylic acid groups (broad SMARTS) is 2. The maximum Gasteiger partial charge on any atom is 0.336 e. The first kappa shape index (κ1) is 22.2. The Morgan fingerprint density at radius 3 is 1.16 bits per heavy atom.